The van der Waals surface area contributed by atoms with Crippen molar-refractivity contribution in [2.75, 3.05) is 13.7 Å². The van der Waals surface area contributed by atoms with E-state index in [9.17, 15) is 18.3 Å². The molecule has 1 heterocycles. The van der Waals surface area contributed by atoms with Gasteiger partial charge in [-0.15, -0.1) is 0 Å². The van der Waals surface area contributed by atoms with Crippen LogP contribution in [0.3, 0.4) is 0 Å². The van der Waals surface area contributed by atoms with Crippen molar-refractivity contribution < 1.29 is 18.3 Å². The summed E-state index contributed by atoms with van der Waals surface area (Å²) in [7, 11) is -2.78. The Morgan fingerprint density at radius 3 is 2.41 bits per heavy atom. The van der Waals surface area contributed by atoms with Crippen LogP contribution in [0.15, 0.2) is 73.7 Å². The summed E-state index contributed by atoms with van der Waals surface area (Å²) in [5, 5.41) is 10.6. The predicted octanol–water partition coefficient (Wildman–Crippen LogP) is 3.73. The Bertz CT molecular complexity index is 1270. The number of aromatic hydroxyl groups is 1. The monoisotopic (exact) mass is 518 g/mol. The average molecular weight is 519 g/mol. The van der Waals surface area contributed by atoms with Gasteiger partial charge in [-0.05, 0) is 48.6 Å². The molecule has 0 unspecified atom stereocenters. The third-order valence-electron chi connectivity index (χ3n) is 5.51. The van der Waals surface area contributed by atoms with Gasteiger partial charge in [0.15, 0.2) is 4.90 Å². The van der Waals surface area contributed by atoms with E-state index in [2.05, 4.69) is 20.9 Å². The Hall–Kier alpha value is -2.49. The van der Waals surface area contributed by atoms with E-state index in [4.69, 9.17) is 4.74 Å². The summed E-state index contributed by atoms with van der Waals surface area (Å²) in [4.78, 5) is 17.1. The number of ether oxygens (including phenoxy) is 1. The molecular formula is C23H23BrN2O5S. The maximum Gasteiger partial charge on any atom is 0.277 e. The standard InChI is InChI=1S/C23H23BrN2O5S/c1-31-14-19(16-5-3-2-4-6-16)26-20(13-15-7-8-15)25-22(27)21(23(26)28)32(29,30)18-11-9-17(24)10-12-18/h2-6,9-12,15,19,27H,7-8,13-14H2,1H3/t19-/m0/s1. The molecule has 0 radical (unpaired) electrons. The van der Waals surface area contributed by atoms with Crippen molar-refractivity contribution in [3.05, 3.63) is 80.8 Å². The maximum atomic E-state index is 13.7. The minimum Gasteiger partial charge on any atom is -0.492 e. The number of hydrogen-bond donors (Lipinski definition) is 1. The number of nitrogens with zero attached hydrogens (tertiary/aromatic N) is 2. The molecule has 3 aromatic rings. The molecule has 168 valence electrons. The Balaban J connectivity index is 1.95. The zero-order valence-corrected chi connectivity index (χ0v) is 19.8. The molecule has 0 saturated heterocycles. The van der Waals surface area contributed by atoms with E-state index in [0.717, 1.165) is 18.4 Å². The van der Waals surface area contributed by atoms with Crippen LogP contribution < -0.4 is 5.56 Å². The number of sulfone groups is 1. The summed E-state index contributed by atoms with van der Waals surface area (Å²) < 4.78 is 34.1. The van der Waals surface area contributed by atoms with Gasteiger partial charge < -0.3 is 9.84 Å². The van der Waals surface area contributed by atoms with Crippen molar-refractivity contribution in [3.63, 3.8) is 0 Å². The van der Waals surface area contributed by atoms with Gasteiger partial charge in [-0.2, -0.15) is 4.98 Å². The van der Waals surface area contributed by atoms with Gasteiger partial charge in [-0.1, -0.05) is 46.3 Å². The van der Waals surface area contributed by atoms with Gasteiger partial charge in [-0.3, -0.25) is 9.36 Å². The molecule has 32 heavy (non-hydrogen) atoms. The first-order valence-corrected chi connectivity index (χ1v) is 12.5. The largest absolute Gasteiger partial charge is 0.492 e. The highest BCUT2D eigenvalue weighted by atomic mass is 79.9. The molecule has 1 saturated carbocycles. The summed E-state index contributed by atoms with van der Waals surface area (Å²) in [6.45, 7) is 0.145. The minimum absolute atomic E-state index is 0.0978. The fourth-order valence-corrected chi connectivity index (χ4v) is 5.32. The van der Waals surface area contributed by atoms with Gasteiger partial charge >= 0.3 is 0 Å². The minimum atomic E-state index is -4.31. The van der Waals surface area contributed by atoms with Gasteiger partial charge in [0, 0.05) is 18.0 Å². The molecule has 0 aliphatic heterocycles. The summed E-state index contributed by atoms with van der Waals surface area (Å²) >= 11 is 3.27. The first kappa shape index (κ1) is 22.7. The number of methoxy groups -OCH3 is 1. The van der Waals surface area contributed by atoms with Gasteiger partial charge in [-0.25, -0.2) is 8.42 Å². The molecule has 1 atom stereocenters. The highest BCUT2D eigenvalue weighted by Gasteiger charge is 2.33. The van der Waals surface area contributed by atoms with E-state index in [1.165, 1.54) is 23.8 Å². The maximum absolute atomic E-state index is 13.7. The number of halogens is 1. The van der Waals surface area contributed by atoms with Gasteiger partial charge in [0.05, 0.1) is 17.5 Å². The van der Waals surface area contributed by atoms with Crippen molar-refractivity contribution >= 4 is 25.8 Å². The number of aromatic nitrogens is 2. The molecule has 9 heteroatoms. The molecule has 2 aromatic carbocycles. The SMILES string of the molecule is COC[C@@H](c1ccccc1)n1c(CC2CC2)nc(O)c(S(=O)(=O)c2ccc(Br)cc2)c1=O. The Morgan fingerprint density at radius 1 is 1.16 bits per heavy atom. The quantitative estimate of drug-likeness (QED) is 0.487. The smallest absolute Gasteiger partial charge is 0.277 e. The fraction of sp³-hybridized carbons (Fsp3) is 0.304. The molecule has 0 spiro atoms. The summed E-state index contributed by atoms with van der Waals surface area (Å²) in [6.07, 6.45) is 2.50. The third-order valence-corrected chi connectivity index (χ3v) is 7.83. The summed E-state index contributed by atoms with van der Waals surface area (Å²) in [6, 6.07) is 14.6. The van der Waals surface area contributed by atoms with Crippen molar-refractivity contribution in [1.82, 2.24) is 9.55 Å². The lowest BCUT2D eigenvalue weighted by Crippen LogP contribution is -2.35. The second kappa shape index (κ2) is 9.17. The van der Waals surface area contributed by atoms with E-state index in [1.54, 1.807) is 12.1 Å². The van der Waals surface area contributed by atoms with Crippen LogP contribution in [-0.4, -0.2) is 36.8 Å². The lowest BCUT2D eigenvalue weighted by Gasteiger charge is -2.24. The first-order chi connectivity index (χ1) is 15.3. The van der Waals surface area contributed by atoms with Crippen LogP contribution in [0.2, 0.25) is 0 Å². The number of benzene rings is 2. The number of hydrogen-bond acceptors (Lipinski definition) is 6. The summed E-state index contributed by atoms with van der Waals surface area (Å²) in [5.41, 5.74) is -0.0186. The Kier molecular flexibility index (Phi) is 6.50. The molecule has 0 bridgehead atoms. The molecule has 1 aromatic heterocycles. The van der Waals surface area contributed by atoms with E-state index in [-0.39, 0.29) is 11.5 Å². The van der Waals surface area contributed by atoms with Crippen molar-refractivity contribution in [2.24, 2.45) is 5.92 Å². The van der Waals surface area contributed by atoms with Crippen LogP contribution >= 0.6 is 15.9 Å². The zero-order valence-electron chi connectivity index (χ0n) is 17.4. The van der Waals surface area contributed by atoms with Crippen LogP contribution in [0, 0.1) is 5.92 Å². The van der Waals surface area contributed by atoms with Crippen LogP contribution in [0.1, 0.15) is 30.3 Å². The average Bonchev–Trinajstić information content (AvgIpc) is 3.57. The van der Waals surface area contributed by atoms with Crippen LogP contribution in [0.5, 0.6) is 5.88 Å². The van der Waals surface area contributed by atoms with E-state index in [1.807, 2.05) is 30.3 Å². The van der Waals surface area contributed by atoms with Gasteiger partial charge in [0.2, 0.25) is 15.7 Å². The van der Waals surface area contributed by atoms with E-state index < -0.39 is 32.2 Å². The lowest BCUT2D eigenvalue weighted by atomic mass is 10.1. The lowest BCUT2D eigenvalue weighted by molar-refractivity contribution is 0.165. The van der Waals surface area contributed by atoms with Crippen LogP contribution in [0.4, 0.5) is 0 Å². The molecule has 1 aliphatic rings. The van der Waals surface area contributed by atoms with E-state index >= 15 is 0 Å². The molecule has 1 fully saturated rings. The normalized spacial score (nSPS) is 14.9. The first-order valence-electron chi connectivity index (χ1n) is 10.2. The molecular weight excluding hydrogens is 496 g/mol. The molecule has 4 rings (SSSR count). The highest BCUT2D eigenvalue weighted by Crippen LogP contribution is 2.34. The highest BCUT2D eigenvalue weighted by molar-refractivity contribution is 9.10. The summed E-state index contributed by atoms with van der Waals surface area (Å²) in [5.74, 6) is -0.0508. The molecule has 1 N–H and O–H groups in total. The van der Waals surface area contributed by atoms with Crippen LogP contribution in [0.25, 0.3) is 0 Å². The molecule has 1 aliphatic carbocycles. The number of rotatable bonds is 8. The van der Waals surface area contributed by atoms with Crippen molar-refractivity contribution in [1.29, 1.82) is 0 Å². The molecule has 7 nitrogen and oxygen atoms in total. The van der Waals surface area contributed by atoms with Crippen molar-refractivity contribution in [3.8, 4) is 5.88 Å². The topological polar surface area (TPSA) is 98.5 Å². The predicted molar refractivity (Wildman–Crippen MR) is 123 cm³/mol. The van der Waals surface area contributed by atoms with Crippen molar-refractivity contribution in [2.45, 2.75) is 35.1 Å². The second-order valence-electron chi connectivity index (χ2n) is 7.84. The fourth-order valence-electron chi connectivity index (χ4n) is 3.71. The van der Waals surface area contributed by atoms with Gasteiger partial charge in [0.25, 0.3) is 5.56 Å². The second-order valence-corrected chi connectivity index (χ2v) is 10.6. The Morgan fingerprint density at radius 2 is 1.81 bits per heavy atom. The third kappa shape index (κ3) is 4.51. The Labute approximate surface area is 194 Å². The molecule has 0 amide bonds. The van der Waals surface area contributed by atoms with Crippen LogP contribution in [-0.2, 0) is 21.0 Å². The van der Waals surface area contributed by atoms with Gasteiger partial charge in [0.1, 0.15) is 5.82 Å². The zero-order chi connectivity index (χ0) is 22.9. The van der Waals surface area contributed by atoms with E-state index in [0.29, 0.717) is 22.6 Å².